The summed E-state index contributed by atoms with van der Waals surface area (Å²) in [6.45, 7) is 3.68. The summed E-state index contributed by atoms with van der Waals surface area (Å²) >= 11 is 3.22. The first-order chi connectivity index (χ1) is 15.2. The number of hydrogen-bond acceptors (Lipinski definition) is 6. The van der Waals surface area contributed by atoms with Gasteiger partial charge in [0.2, 0.25) is 0 Å². The molecule has 0 aromatic heterocycles. The summed E-state index contributed by atoms with van der Waals surface area (Å²) in [7, 11) is 0. The lowest BCUT2D eigenvalue weighted by molar-refractivity contribution is -0.137. The van der Waals surface area contributed by atoms with Crippen LogP contribution in [0.2, 0.25) is 0 Å². The Morgan fingerprint density at radius 3 is 1.84 bits per heavy atom. The molecule has 0 aliphatic carbocycles. The average molecular weight is 491 g/mol. The van der Waals surface area contributed by atoms with Gasteiger partial charge in [0.15, 0.2) is 6.29 Å². The number of benzene rings is 2. The van der Waals surface area contributed by atoms with Crippen LogP contribution in [0, 0.1) is 0 Å². The Hall–Kier alpha value is -2.03. The fourth-order valence-electron chi connectivity index (χ4n) is 3.05. The first-order valence-corrected chi connectivity index (χ1v) is 11.0. The predicted octanol–water partition coefficient (Wildman–Crippen LogP) is 4.37. The number of ether oxygens (including phenoxy) is 5. The van der Waals surface area contributed by atoms with Gasteiger partial charge >= 0.3 is 5.97 Å². The van der Waals surface area contributed by atoms with Gasteiger partial charge in [-0.25, -0.2) is 4.79 Å². The third-order valence-electron chi connectivity index (χ3n) is 4.57. The lowest BCUT2D eigenvalue weighted by Crippen LogP contribution is -2.31. The molecule has 0 amide bonds. The van der Waals surface area contributed by atoms with Crippen molar-refractivity contribution >= 4 is 21.9 Å². The zero-order chi connectivity index (χ0) is 21.9. The highest BCUT2D eigenvalue weighted by molar-refractivity contribution is 9.12. The van der Waals surface area contributed by atoms with Crippen LogP contribution in [0.5, 0.6) is 0 Å². The molecular formula is C24H27BrO6. The van der Waals surface area contributed by atoms with E-state index in [1.807, 2.05) is 60.7 Å². The normalized spacial score (nSPS) is 19.5. The summed E-state index contributed by atoms with van der Waals surface area (Å²) in [5.41, 5.74) is 2.17. The third-order valence-corrected chi connectivity index (χ3v) is 5.16. The van der Waals surface area contributed by atoms with Gasteiger partial charge < -0.3 is 23.7 Å². The van der Waals surface area contributed by atoms with Crippen LogP contribution < -0.4 is 0 Å². The first kappa shape index (κ1) is 23.6. The van der Waals surface area contributed by atoms with E-state index in [2.05, 4.69) is 15.9 Å². The van der Waals surface area contributed by atoms with Crippen molar-refractivity contribution in [1.29, 1.82) is 0 Å². The van der Waals surface area contributed by atoms with E-state index in [0.29, 0.717) is 33.0 Å². The summed E-state index contributed by atoms with van der Waals surface area (Å²) in [5.74, 6) is -0.463. The van der Waals surface area contributed by atoms with Crippen molar-refractivity contribution in [3.63, 3.8) is 0 Å². The molecular weight excluding hydrogens is 464 g/mol. The van der Waals surface area contributed by atoms with E-state index in [1.165, 1.54) is 0 Å². The van der Waals surface area contributed by atoms with Crippen LogP contribution in [0.1, 0.15) is 18.1 Å². The summed E-state index contributed by atoms with van der Waals surface area (Å²) in [4.78, 5) is 11.9. The van der Waals surface area contributed by atoms with Gasteiger partial charge in [0.25, 0.3) is 0 Å². The molecule has 0 spiro atoms. The van der Waals surface area contributed by atoms with Crippen LogP contribution in [-0.2, 0) is 41.7 Å². The molecule has 1 aliphatic heterocycles. The third kappa shape index (κ3) is 7.87. The smallest absolute Gasteiger partial charge is 0.345 e. The van der Waals surface area contributed by atoms with Gasteiger partial charge in [-0.2, -0.15) is 0 Å². The monoisotopic (exact) mass is 490 g/mol. The van der Waals surface area contributed by atoms with Crippen molar-refractivity contribution in [2.24, 2.45) is 0 Å². The number of esters is 1. The molecule has 0 bridgehead atoms. The second-order valence-corrected chi connectivity index (χ2v) is 7.81. The molecule has 1 heterocycles. The maximum absolute atomic E-state index is 11.9. The quantitative estimate of drug-likeness (QED) is 0.344. The Balaban J connectivity index is 1.56. The van der Waals surface area contributed by atoms with Gasteiger partial charge in [-0.05, 0) is 40.1 Å². The van der Waals surface area contributed by atoms with Gasteiger partial charge in [-0.15, -0.1) is 0 Å². The highest BCUT2D eigenvalue weighted by atomic mass is 79.9. The highest BCUT2D eigenvalue weighted by Gasteiger charge is 2.36. The lowest BCUT2D eigenvalue weighted by Gasteiger charge is -2.17. The number of hydrogen-bond donors (Lipinski definition) is 0. The molecule has 166 valence electrons. The Kier molecular flexibility index (Phi) is 9.71. The molecule has 2 aromatic rings. The molecule has 2 atom stereocenters. The van der Waals surface area contributed by atoms with Crippen molar-refractivity contribution in [2.45, 2.75) is 38.6 Å². The predicted molar refractivity (Wildman–Crippen MR) is 119 cm³/mol. The second-order valence-electron chi connectivity index (χ2n) is 6.95. The molecule has 7 heteroatoms. The minimum absolute atomic E-state index is 0.258. The Bertz CT molecular complexity index is 773. The van der Waals surface area contributed by atoms with Crippen molar-refractivity contribution in [2.75, 3.05) is 19.8 Å². The summed E-state index contributed by atoms with van der Waals surface area (Å²) in [6.07, 6.45) is 0.195. The molecule has 1 aliphatic rings. The first-order valence-electron chi connectivity index (χ1n) is 10.2. The van der Waals surface area contributed by atoms with E-state index in [1.54, 1.807) is 13.0 Å². The van der Waals surface area contributed by atoms with Crippen molar-refractivity contribution in [3.8, 4) is 0 Å². The van der Waals surface area contributed by atoms with E-state index in [-0.39, 0.29) is 16.7 Å². The van der Waals surface area contributed by atoms with Crippen molar-refractivity contribution in [1.82, 2.24) is 0 Å². The zero-order valence-electron chi connectivity index (χ0n) is 17.4. The second kappa shape index (κ2) is 12.7. The maximum Gasteiger partial charge on any atom is 0.345 e. The molecule has 3 rings (SSSR count). The van der Waals surface area contributed by atoms with Crippen LogP contribution in [0.3, 0.4) is 0 Å². The standard InChI is InChI=1S/C24H27BrO6/c1-2-29-24(26)20(25)13-23-30-21(16-27-14-18-9-5-3-6-10-18)22(31-23)17-28-15-19-11-7-4-8-12-19/h3-13,21-23H,2,14-17H2,1H3/b20-13-/t21-,22-/m0/s1. The van der Waals surface area contributed by atoms with E-state index >= 15 is 0 Å². The SMILES string of the molecule is CCOC(=O)/C(Br)=C/C1O[C@@H](COCc2ccccc2)[C@H](COCc2ccccc2)O1. The lowest BCUT2D eigenvalue weighted by atomic mass is 10.2. The number of rotatable bonds is 11. The van der Waals surface area contributed by atoms with Crippen molar-refractivity contribution in [3.05, 3.63) is 82.3 Å². The van der Waals surface area contributed by atoms with Crippen LogP contribution >= 0.6 is 15.9 Å². The zero-order valence-corrected chi connectivity index (χ0v) is 19.0. The fourth-order valence-corrected chi connectivity index (χ4v) is 3.38. The van der Waals surface area contributed by atoms with Gasteiger partial charge in [0.1, 0.15) is 16.7 Å². The highest BCUT2D eigenvalue weighted by Crippen LogP contribution is 2.24. The molecule has 6 nitrogen and oxygen atoms in total. The molecule has 0 radical (unpaired) electrons. The van der Waals surface area contributed by atoms with E-state index in [9.17, 15) is 4.79 Å². The molecule has 0 unspecified atom stereocenters. The Labute approximate surface area is 191 Å². The summed E-state index contributed by atoms with van der Waals surface area (Å²) in [6, 6.07) is 19.9. The molecule has 0 N–H and O–H groups in total. The Morgan fingerprint density at radius 2 is 1.39 bits per heavy atom. The summed E-state index contributed by atoms with van der Waals surface area (Å²) < 4.78 is 28.9. The fraction of sp³-hybridized carbons (Fsp3) is 0.375. The van der Waals surface area contributed by atoms with Gasteiger partial charge in [0, 0.05) is 0 Å². The molecule has 31 heavy (non-hydrogen) atoms. The largest absolute Gasteiger partial charge is 0.462 e. The average Bonchev–Trinajstić information content (AvgIpc) is 3.16. The molecule has 1 fully saturated rings. The number of halogens is 1. The molecule has 0 saturated carbocycles. The molecule has 1 saturated heterocycles. The van der Waals surface area contributed by atoms with E-state index in [0.717, 1.165) is 11.1 Å². The van der Waals surface area contributed by atoms with Gasteiger partial charge in [0.05, 0.1) is 33.0 Å². The van der Waals surface area contributed by atoms with E-state index in [4.69, 9.17) is 23.7 Å². The summed E-state index contributed by atoms with van der Waals surface area (Å²) in [5, 5.41) is 0. The topological polar surface area (TPSA) is 63.2 Å². The van der Waals surface area contributed by atoms with Crippen LogP contribution in [0.25, 0.3) is 0 Å². The van der Waals surface area contributed by atoms with Gasteiger partial charge in [-0.1, -0.05) is 60.7 Å². The number of carbonyl (C=O) groups is 1. The van der Waals surface area contributed by atoms with Crippen LogP contribution in [-0.4, -0.2) is 44.3 Å². The Morgan fingerprint density at radius 1 is 0.903 bits per heavy atom. The minimum Gasteiger partial charge on any atom is -0.462 e. The van der Waals surface area contributed by atoms with Crippen LogP contribution in [0.15, 0.2) is 71.2 Å². The van der Waals surface area contributed by atoms with Crippen LogP contribution in [0.4, 0.5) is 0 Å². The minimum atomic E-state index is -0.700. The number of carbonyl (C=O) groups excluding carboxylic acids is 1. The van der Waals surface area contributed by atoms with E-state index < -0.39 is 12.3 Å². The van der Waals surface area contributed by atoms with Crippen molar-refractivity contribution < 1.29 is 28.5 Å². The maximum atomic E-state index is 11.9. The van der Waals surface area contributed by atoms with Gasteiger partial charge in [-0.3, -0.25) is 0 Å². The molecule has 2 aromatic carbocycles.